The molecule has 1 aromatic heterocycles. The molecule has 0 saturated carbocycles. The molecular formula is C12H23N3. The Morgan fingerprint density at radius 1 is 1.47 bits per heavy atom. The molecule has 3 heteroatoms. The topological polar surface area (TPSA) is 40.7 Å². The molecule has 3 nitrogen and oxygen atoms in total. The standard InChI is InChI=1S/C12H23N3/c1-6-7-9(2)14-10-8-13-11(15-10)12(3,4)5/h8-9,14H,6-7H2,1-5H3,(H,13,15). The van der Waals surface area contributed by atoms with Crippen LogP contribution in [0.4, 0.5) is 5.82 Å². The first-order chi connectivity index (χ1) is 6.93. The van der Waals surface area contributed by atoms with Gasteiger partial charge < -0.3 is 10.3 Å². The summed E-state index contributed by atoms with van der Waals surface area (Å²) >= 11 is 0. The van der Waals surface area contributed by atoms with Crippen LogP contribution in [0, 0.1) is 0 Å². The van der Waals surface area contributed by atoms with E-state index in [-0.39, 0.29) is 5.41 Å². The largest absolute Gasteiger partial charge is 0.368 e. The van der Waals surface area contributed by atoms with E-state index in [2.05, 4.69) is 49.9 Å². The Labute approximate surface area is 92.7 Å². The average molecular weight is 209 g/mol. The van der Waals surface area contributed by atoms with Crippen LogP contribution in [0.1, 0.15) is 53.3 Å². The van der Waals surface area contributed by atoms with Crippen LogP contribution in [0.15, 0.2) is 6.20 Å². The van der Waals surface area contributed by atoms with Crippen molar-refractivity contribution in [1.82, 2.24) is 9.97 Å². The van der Waals surface area contributed by atoms with Crippen molar-refractivity contribution in [3.8, 4) is 0 Å². The van der Waals surface area contributed by atoms with E-state index in [9.17, 15) is 0 Å². The number of rotatable bonds is 4. The molecule has 0 amide bonds. The predicted octanol–water partition coefficient (Wildman–Crippen LogP) is 3.31. The van der Waals surface area contributed by atoms with Gasteiger partial charge in [-0.05, 0) is 13.3 Å². The summed E-state index contributed by atoms with van der Waals surface area (Å²) < 4.78 is 0. The average Bonchev–Trinajstić information content (AvgIpc) is 2.52. The van der Waals surface area contributed by atoms with Gasteiger partial charge in [-0.3, -0.25) is 0 Å². The van der Waals surface area contributed by atoms with Crippen LogP contribution < -0.4 is 5.32 Å². The molecule has 0 radical (unpaired) electrons. The number of aromatic nitrogens is 2. The molecule has 0 saturated heterocycles. The second kappa shape index (κ2) is 4.69. The maximum absolute atomic E-state index is 4.38. The number of H-pyrrole nitrogens is 1. The van der Waals surface area contributed by atoms with Crippen molar-refractivity contribution in [2.24, 2.45) is 0 Å². The summed E-state index contributed by atoms with van der Waals surface area (Å²) in [6, 6.07) is 0.503. The van der Waals surface area contributed by atoms with Crippen LogP contribution in [0.5, 0.6) is 0 Å². The Kier molecular flexibility index (Phi) is 3.77. The first-order valence-electron chi connectivity index (χ1n) is 5.75. The Hall–Kier alpha value is -0.990. The van der Waals surface area contributed by atoms with Crippen LogP contribution in [-0.4, -0.2) is 16.0 Å². The van der Waals surface area contributed by atoms with E-state index in [1.165, 1.54) is 12.8 Å². The summed E-state index contributed by atoms with van der Waals surface area (Å²) in [5, 5.41) is 3.42. The Morgan fingerprint density at radius 3 is 2.60 bits per heavy atom. The van der Waals surface area contributed by atoms with E-state index in [1.54, 1.807) is 0 Å². The number of aromatic amines is 1. The molecule has 0 aliphatic heterocycles. The maximum Gasteiger partial charge on any atom is 0.123 e. The third-order valence-electron chi connectivity index (χ3n) is 2.41. The van der Waals surface area contributed by atoms with Gasteiger partial charge >= 0.3 is 0 Å². The molecule has 0 aromatic carbocycles. The van der Waals surface area contributed by atoms with E-state index in [0.29, 0.717) is 6.04 Å². The quantitative estimate of drug-likeness (QED) is 0.798. The van der Waals surface area contributed by atoms with Gasteiger partial charge in [0.1, 0.15) is 11.6 Å². The van der Waals surface area contributed by atoms with E-state index < -0.39 is 0 Å². The van der Waals surface area contributed by atoms with Crippen LogP contribution in [0.2, 0.25) is 0 Å². The molecule has 0 aliphatic rings. The zero-order valence-corrected chi connectivity index (χ0v) is 10.5. The highest BCUT2D eigenvalue weighted by Crippen LogP contribution is 2.20. The Morgan fingerprint density at radius 2 is 2.13 bits per heavy atom. The van der Waals surface area contributed by atoms with Crippen molar-refractivity contribution in [1.29, 1.82) is 0 Å². The van der Waals surface area contributed by atoms with E-state index >= 15 is 0 Å². The van der Waals surface area contributed by atoms with Gasteiger partial charge in [0.25, 0.3) is 0 Å². The lowest BCUT2D eigenvalue weighted by molar-refractivity contribution is 0.552. The first-order valence-corrected chi connectivity index (χ1v) is 5.75. The van der Waals surface area contributed by atoms with Crippen molar-refractivity contribution >= 4 is 5.82 Å². The smallest absolute Gasteiger partial charge is 0.123 e. The number of nitrogens with zero attached hydrogens (tertiary/aromatic N) is 1. The van der Waals surface area contributed by atoms with Gasteiger partial charge in [0.2, 0.25) is 0 Å². The lowest BCUT2D eigenvalue weighted by Crippen LogP contribution is -2.16. The predicted molar refractivity (Wildman–Crippen MR) is 65.3 cm³/mol. The lowest BCUT2D eigenvalue weighted by atomic mass is 9.96. The van der Waals surface area contributed by atoms with Crippen LogP contribution in [0.25, 0.3) is 0 Å². The molecule has 86 valence electrons. The highest BCUT2D eigenvalue weighted by Gasteiger charge is 2.17. The number of hydrogen-bond donors (Lipinski definition) is 2. The molecule has 0 bridgehead atoms. The molecule has 1 atom stereocenters. The minimum atomic E-state index is 0.0912. The monoisotopic (exact) mass is 209 g/mol. The fraction of sp³-hybridized carbons (Fsp3) is 0.750. The Bertz CT molecular complexity index is 296. The molecule has 15 heavy (non-hydrogen) atoms. The molecule has 1 unspecified atom stereocenters. The van der Waals surface area contributed by atoms with Gasteiger partial charge in [0, 0.05) is 11.5 Å². The molecule has 0 spiro atoms. The summed E-state index contributed by atoms with van der Waals surface area (Å²) in [6.07, 6.45) is 4.27. The zero-order chi connectivity index (χ0) is 11.5. The molecule has 1 heterocycles. The van der Waals surface area contributed by atoms with Crippen molar-refractivity contribution in [3.63, 3.8) is 0 Å². The normalized spacial score (nSPS) is 13.9. The fourth-order valence-corrected chi connectivity index (χ4v) is 1.55. The summed E-state index contributed by atoms with van der Waals surface area (Å²) in [5.74, 6) is 2.06. The van der Waals surface area contributed by atoms with Crippen LogP contribution in [0.3, 0.4) is 0 Å². The van der Waals surface area contributed by atoms with Crippen LogP contribution >= 0.6 is 0 Å². The number of nitrogens with one attached hydrogen (secondary N) is 2. The minimum absolute atomic E-state index is 0.0912. The zero-order valence-electron chi connectivity index (χ0n) is 10.5. The maximum atomic E-state index is 4.38. The number of anilines is 1. The van der Waals surface area contributed by atoms with Crippen LogP contribution in [-0.2, 0) is 5.41 Å². The van der Waals surface area contributed by atoms with Gasteiger partial charge in [-0.25, -0.2) is 4.98 Å². The van der Waals surface area contributed by atoms with Gasteiger partial charge in [-0.2, -0.15) is 0 Å². The first kappa shape index (κ1) is 12.1. The van der Waals surface area contributed by atoms with E-state index in [4.69, 9.17) is 0 Å². The van der Waals surface area contributed by atoms with Crippen molar-refractivity contribution in [3.05, 3.63) is 12.0 Å². The second-order valence-electron chi connectivity index (χ2n) is 5.23. The summed E-state index contributed by atoms with van der Waals surface area (Å²) in [7, 11) is 0. The van der Waals surface area contributed by atoms with E-state index in [0.717, 1.165) is 11.6 Å². The molecule has 0 aliphatic carbocycles. The molecule has 0 fully saturated rings. The second-order valence-corrected chi connectivity index (χ2v) is 5.23. The van der Waals surface area contributed by atoms with Gasteiger partial charge in [0.05, 0.1) is 6.20 Å². The third-order valence-corrected chi connectivity index (χ3v) is 2.41. The number of imidazole rings is 1. The fourth-order valence-electron chi connectivity index (χ4n) is 1.55. The number of hydrogen-bond acceptors (Lipinski definition) is 2. The van der Waals surface area contributed by atoms with Gasteiger partial charge in [-0.15, -0.1) is 0 Å². The lowest BCUT2D eigenvalue weighted by Gasteiger charge is -2.15. The molecule has 1 aromatic rings. The van der Waals surface area contributed by atoms with Gasteiger partial charge in [0.15, 0.2) is 0 Å². The van der Waals surface area contributed by atoms with Crippen molar-refractivity contribution in [2.45, 2.75) is 58.9 Å². The van der Waals surface area contributed by atoms with Crippen molar-refractivity contribution < 1.29 is 0 Å². The molecular weight excluding hydrogens is 186 g/mol. The molecule has 1 rings (SSSR count). The summed E-state index contributed by atoms with van der Waals surface area (Å²) in [5.41, 5.74) is 0.0912. The summed E-state index contributed by atoms with van der Waals surface area (Å²) in [4.78, 5) is 7.70. The third kappa shape index (κ3) is 3.57. The van der Waals surface area contributed by atoms with Crippen molar-refractivity contribution in [2.75, 3.05) is 5.32 Å². The molecule has 2 N–H and O–H groups in total. The highest BCUT2D eigenvalue weighted by atomic mass is 15.1. The SMILES string of the molecule is CCCC(C)Nc1cnc(C(C)(C)C)[nH]1. The van der Waals surface area contributed by atoms with E-state index in [1.807, 2.05) is 6.20 Å². The highest BCUT2D eigenvalue weighted by molar-refractivity contribution is 5.34. The van der Waals surface area contributed by atoms with Gasteiger partial charge in [-0.1, -0.05) is 34.1 Å². The Balaban J connectivity index is 2.61. The minimum Gasteiger partial charge on any atom is -0.368 e. The summed E-state index contributed by atoms with van der Waals surface area (Å²) in [6.45, 7) is 10.9.